The third-order valence-electron chi connectivity index (χ3n) is 3.84. The molecule has 0 saturated carbocycles. The number of aromatic hydroxyl groups is 1. The van der Waals surface area contributed by atoms with E-state index in [1.165, 1.54) is 23.4 Å². The molecule has 1 N–H and O–H groups in total. The summed E-state index contributed by atoms with van der Waals surface area (Å²) in [6.45, 7) is 0.582. The van der Waals surface area contributed by atoms with Crippen molar-refractivity contribution in [2.24, 2.45) is 0 Å². The Morgan fingerprint density at radius 2 is 1.96 bits per heavy atom. The molecule has 1 saturated heterocycles. The highest BCUT2D eigenvalue weighted by atomic mass is 35.5. The molecule has 6 heteroatoms. The molecule has 3 nitrogen and oxygen atoms in total. The minimum Gasteiger partial charge on any atom is -0.507 e. The highest BCUT2D eigenvalue weighted by molar-refractivity contribution is 8.26. The first-order valence-corrected chi connectivity index (χ1v) is 9.42. The Balaban J connectivity index is 1.67. The van der Waals surface area contributed by atoms with Gasteiger partial charge in [-0.25, -0.2) is 0 Å². The van der Waals surface area contributed by atoms with Crippen molar-refractivity contribution >= 4 is 51.9 Å². The van der Waals surface area contributed by atoms with Crippen LogP contribution in [0.25, 0.3) is 6.08 Å². The highest BCUT2D eigenvalue weighted by Crippen LogP contribution is 2.34. The molecule has 0 spiro atoms. The summed E-state index contributed by atoms with van der Waals surface area (Å²) in [5, 5.41) is 10.4. The van der Waals surface area contributed by atoms with E-state index in [0.29, 0.717) is 26.4 Å². The van der Waals surface area contributed by atoms with Gasteiger partial charge in [0.25, 0.3) is 5.91 Å². The van der Waals surface area contributed by atoms with Crippen LogP contribution in [0.1, 0.15) is 17.5 Å². The largest absolute Gasteiger partial charge is 0.507 e. The minimum absolute atomic E-state index is 0.0822. The van der Waals surface area contributed by atoms with E-state index in [-0.39, 0.29) is 11.7 Å². The number of halogens is 1. The second-order valence-electron chi connectivity index (χ2n) is 5.63. The number of carbonyl (C=O) groups is 1. The highest BCUT2D eigenvalue weighted by Gasteiger charge is 2.31. The molecule has 1 amide bonds. The molecule has 0 aliphatic carbocycles. The molecular formula is C19H16ClNO2S2. The number of phenols is 1. The van der Waals surface area contributed by atoms with E-state index in [4.69, 9.17) is 23.8 Å². The van der Waals surface area contributed by atoms with Crippen molar-refractivity contribution in [2.75, 3.05) is 6.54 Å². The molecule has 0 atom stereocenters. The van der Waals surface area contributed by atoms with E-state index < -0.39 is 0 Å². The van der Waals surface area contributed by atoms with E-state index in [0.717, 1.165) is 12.8 Å². The number of phenolic OH excluding ortho intramolecular Hbond substituents is 1. The molecule has 1 aliphatic heterocycles. The fourth-order valence-corrected chi connectivity index (χ4v) is 4.04. The van der Waals surface area contributed by atoms with Crippen LogP contribution in [0.5, 0.6) is 5.75 Å². The fraction of sp³-hybridized carbons (Fsp3) is 0.158. The molecule has 2 aromatic carbocycles. The summed E-state index contributed by atoms with van der Waals surface area (Å²) in [5.41, 5.74) is 1.75. The van der Waals surface area contributed by atoms with Crippen LogP contribution in [0, 0.1) is 0 Å². The Morgan fingerprint density at radius 1 is 1.20 bits per heavy atom. The first-order chi connectivity index (χ1) is 12.0. The van der Waals surface area contributed by atoms with Crippen LogP contribution < -0.4 is 0 Å². The van der Waals surface area contributed by atoms with Gasteiger partial charge in [0.15, 0.2) is 0 Å². The number of rotatable bonds is 5. The van der Waals surface area contributed by atoms with Gasteiger partial charge in [0.05, 0.1) is 4.91 Å². The molecule has 0 radical (unpaired) electrons. The van der Waals surface area contributed by atoms with Crippen molar-refractivity contribution in [3.05, 3.63) is 69.6 Å². The lowest BCUT2D eigenvalue weighted by atomic mass is 10.1. The summed E-state index contributed by atoms with van der Waals surface area (Å²) in [6.07, 6.45) is 3.37. The zero-order valence-electron chi connectivity index (χ0n) is 13.3. The van der Waals surface area contributed by atoms with Gasteiger partial charge in [-0.2, -0.15) is 0 Å². The summed E-state index contributed by atoms with van der Waals surface area (Å²) in [6, 6.07) is 14.9. The van der Waals surface area contributed by atoms with Crippen LogP contribution in [0.3, 0.4) is 0 Å². The predicted octanol–water partition coefficient (Wildman–Crippen LogP) is 4.88. The van der Waals surface area contributed by atoms with Crippen LogP contribution in [-0.2, 0) is 11.2 Å². The first kappa shape index (κ1) is 18.0. The molecular weight excluding hydrogens is 374 g/mol. The van der Waals surface area contributed by atoms with Gasteiger partial charge in [0.2, 0.25) is 0 Å². The van der Waals surface area contributed by atoms with E-state index in [1.54, 1.807) is 23.1 Å². The number of thioether (sulfide) groups is 1. The lowest BCUT2D eigenvalue weighted by Gasteiger charge is -2.14. The van der Waals surface area contributed by atoms with Crippen LogP contribution in [0.2, 0.25) is 5.02 Å². The second kappa shape index (κ2) is 8.04. The van der Waals surface area contributed by atoms with Gasteiger partial charge in [-0.15, -0.1) is 0 Å². The van der Waals surface area contributed by atoms with E-state index >= 15 is 0 Å². The second-order valence-corrected chi connectivity index (χ2v) is 7.74. The fourth-order valence-electron chi connectivity index (χ4n) is 2.56. The van der Waals surface area contributed by atoms with Crippen LogP contribution >= 0.6 is 35.6 Å². The molecule has 3 rings (SSSR count). The molecule has 25 heavy (non-hydrogen) atoms. The van der Waals surface area contributed by atoms with E-state index in [9.17, 15) is 9.90 Å². The maximum atomic E-state index is 12.6. The van der Waals surface area contributed by atoms with Gasteiger partial charge in [-0.1, -0.05) is 65.9 Å². The zero-order valence-corrected chi connectivity index (χ0v) is 15.7. The van der Waals surface area contributed by atoms with E-state index in [1.807, 2.05) is 18.2 Å². The van der Waals surface area contributed by atoms with Gasteiger partial charge < -0.3 is 5.11 Å². The Hall–Kier alpha value is -1.82. The predicted molar refractivity (Wildman–Crippen MR) is 108 cm³/mol. The van der Waals surface area contributed by atoms with Crippen molar-refractivity contribution in [1.82, 2.24) is 4.90 Å². The maximum absolute atomic E-state index is 12.6. The monoisotopic (exact) mass is 389 g/mol. The molecule has 128 valence electrons. The smallest absolute Gasteiger partial charge is 0.266 e. The molecule has 1 heterocycles. The summed E-state index contributed by atoms with van der Waals surface area (Å²) >= 11 is 12.5. The summed E-state index contributed by atoms with van der Waals surface area (Å²) in [7, 11) is 0. The van der Waals surface area contributed by atoms with Gasteiger partial charge in [0, 0.05) is 17.1 Å². The van der Waals surface area contributed by atoms with Gasteiger partial charge in [-0.05, 0) is 42.7 Å². The number of nitrogens with zero attached hydrogens (tertiary/aromatic N) is 1. The average Bonchev–Trinajstić information content (AvgIpc) is 2.86. The van der Waals surface area contributed by atoms with Crippen molar-refractivity contribution in [1.29, 1.82) is 0 Å². The van der Waals surface area contributed by atoms with Crippen LogP contribution in [-0.4, -0.2) is 26.8 Å². The van der Waals surface area contributed by atoms with Crippen LogP contribution in [0.4, 0.5) is 0 Å². The molecule has 0 bridgehead atoms. The summed E-state index contributed by atoms with van der Waals surface area (Å²) < 4.78 is 0.547. The van der Waals surface area contributed by atoms with Crippen molar-refractivity contribution in [3.63, 3.8) is 0 Å². The number of aryl methyl sites for hydroxylation is 1. The number of amides is 1. The normalized spacial score (nSPS) is 16.0. The maximum Gasteiger partial charge on any atom is 0.266 e. The third-order valence-corrected chi connectivity index (χ3v) is 5.45. The van der Waals surface area contributed by atoms with E-state index in [2.05, 4.69) is 12.1 Å². The number of hydrogen-bond acceptors (Lipinski definition) is 4. The number of benzene rings is 2. The number of hydrogen-bond donors (Lipinski definition) is 1. The van der Waals surface area contributed by atoms with Gasteiger partial charge in [0.1, 0.15) is 10.1 Å². The Bertz CT molecular complexity index is 837. The quantitative estimate of drug-likeness (QED) is 0.584. The zero-order chi connectivity index (χ0) is 17.8. The van der Waals surface area contributed by atoms with Gasteiger partial charge >= 0.3 is 0 Å². The number of carbonyl (C=O) groups excluding carboxylic acids is 1. The SMILES string of the molecule is O=C1/C(=C/c2cc(Cl)ccc2O)SC(=S)N1CCCc1ccccc1. The lowest BCUT2D eigenvalue weighted by Crippen LogP contribution is -2.29. The Labute approximate surface area is 161 Å². The molecule has 1 fully saturated rings. The average molecular weight is 390 g/mol. The molecule has 0 aromatic heterocycles. The van der Waals surface area contributed by atoms with Crippen molar-refractivity contribution < 1.29 is 9.90 Å². The molecule has 1 aliphatic rings. The topological polar surface area (TPSA) is 40.5 Å². The minimum atomic E-state index is -0.123. The Morgan fingerprint density at radius 3 is 2.72 bits per heavy atom. The molecule has 0 unspecified atom stereocenters. The van der Waals surface area contributed by atoms with Crippen molar-refractivity contribution in [3.8, 4) is 5.75 Å². The summed E-state index contributed by atoms with van der Waals surface area (Å²) in [4.78, 5) is 14.7. The lowest BCUT2D eigenvalue weighted by molar-refractivity contribution is -0.122. The Kier molecular flexibility index (Phi) is 5.78. The summed E-state index contributed by atoms with van der Waals surface area (Å²) in [5.74, 6) is -0.0406. The van der Waals surface area contributed by atoms with Crippen molar-refractivity contribution in [2.45, 2.75) is 12.8 Å². The third kappa shape index (κ3) is 4.42. The van der Waals surface area contributed by atoms with Crippen LogP contribution in [0.15, 0.2) is 53.4 Å². The number of thiocarbonyl (C=S) groups is 1. The molecule has 2 aromatic rings. The standard InChI is InChI=1S/C19H16ClNO2S2/c20-15-8-9-16(22)14(11-15)12-17-18(23)21(19(24)25-17)10-4-7-13-5-2-1-3-6-13/h1-3,5-6,8-9,11-12,22H,4,7,10H2/b17-12-. The van der Waals surface area contributed by atoms with Gasteiger partial charge in [-0.3, -0.25) is 9.69 Å². The first-order valence-electron chi connectivity index (χ1n) is 7.82.